The van der Waals surface area contributed by atoms with Crippen molar-refractivity contribution in [1.29, 1.82) is 0 Å². The van der Waals surface area contributed by atoms with Crippen LogP contribution >= 0.6 is 0 Å². The summed E-state index contributed by atoms with van der Waals surface area (Å²) in [7, 11) is 0. The van der Waals surface area contributed by atoms with Gasteiger partial charge in [0.15, 0.2) is 0 Å². The Morgan fingerprint density at radius 3 is 2.26 bits per heavy atom. The highest BCUT2D eigenvalue weighted by molar-refractivity contribution is 5.92. The molecule has 0 atom stereocenters. The fourth-order valence-electron chi connectivity index (χ4n) is 2.46. The molecule has 0 fully saturated rings. The summed E-state index contributed by atoms with van der Waals surface area (Å²) >= 11 is 0. The van der Waals surface area contributed by atoms with E-state index in [-0.39, 0.29) is 0 Å². The summed E-state index contributed by atoms with van der Waals surface area (Å²) in [6, 6.07) is 21.4. The molecule has 4 nitrogen and oxygen atoms in total. The lowest BCUT2D eigenvalue weighted by Crippen LogP contribution is -2.21. The molecule has 1 aromatic heterocycles. The van der Waals surface area contributed by atoms with E-state index in [1.54, 1.807) is 18.4 Å². The Hall–Kier alpha value is -3.01. The SMILES string of the molecule is NC(=O)c1ccc(CN(Cc2ccco2)c2ccccc2)cc1. The van der Waals surface area contributed by atoms with Crippen molar-refractivity contribution in [3.05, 3.63) is 89.9 Å². The monoisotopic (exact) mass is 306 g/mol. The molecule has 2 aromatic carbocycles. The molecule has 0 aliphatic rings. The number of rotatable bonds is 6. The lowest BCUT2D eigenvalue weighted by molar-refractivity contribution is 0.100. The van der Waals surface area contributed by atoms with Gasteiger partial charge in [0.1, 0.15) is 5.76 Å². The van der Waals surface area contributed by atoms with Crippen molar-refractivity contribution in [1.82, 2.24) is 0 Å². The molecule has 0 unspecified atom stereocenters. The summed E-state index contributed by atoms with van der Waals surface area (Å²) in [5.74, 6) is 0.495. The van der Waals surface area contributed by atoms with E-state index in [1.165, 1.54) is 0 Å². The molecule has 3 rings (SSSR count). The molecular weight excluding hydrogens is 288 g/mol. The highest BCUT2D eigenvalue weighted by Gasteiger charge is 2.10. The molecule has 116 valence electrons. The van der Waals surface area contributed by atoms with Crippen LogP contribution in [0.2, 0.25) is 0 Å². The first-order valence-electron chi connectivity index (χ1n) is 7.43. The van der Waals surface area contributed by atoms with Crippen LogP contribution < -0.4 is 10.6 Å². The number of nitrogens with zero attached hydrogens (tertiary/aromatic N) is 1. The third-order valence-corrected chi connectivity index (χ3v) is 3.66. The van der Waals surface area contributed by atoms with Crippen LogP contribution in [0.5, 0.6) is 0 Å². The maximum atomic E-state index is 11.2. The number of furan rings is 1. The third-order valence-electron chi connectivity index (χ3n) is 3.66. The highest BCUT2D eigenvalue weighted by Crippen LogP contribution is 2.20. The Balaban J connectivity index is 1.82. The van der Waals surface area contributed by atoms with E-state index >= 15 is 0 Å². The van der Waals surface area contributed by atoms with Crippen LogP contribution in [0.1, 0.15) is 21.7 Å². The van der Waals surface area contributed by atoms with Crippen LogP contribution in [0.4, 0.5) is 5.69 Å². The van der Waals surface area contributed by atoms with Gasteiger partial charge in [0, 0.05) is 17.8 Å². The molecule has 0 spiro atoms. The first-order valence-corrected chi connectivity index (χ1v) is 7.43. The predicted molar refractivity (Wildman–Crippen MR) is 90.0 cm³/mol. The summed E-state index contributed by atoms with van der Waals surface area (Å²) in [6.07, 6.45) is 1.68. The summed E-state index contributed by atoms with van der Waals surface area (Å²) in [5.41, 5.74) is 8.02. The second-order valence-electron chi connectivity index (χ2n) is 5.33. The minimum Gasteiger partial charge on any atom is -0.467 e. The molecule has 0 aliphatic carbocycles. The second-order valence-corrected chi connectivity index (χ2v) is 5.33. The van der Waals surface area contributed by atoms with Gasteiger partial charge in [-0.2, -0.15) is 0 Å². The Kier molecular flexibility index (Phi) is 4.43. The molecule has 0 saturated heterocycles. The standard InChI is InChI=1S/C19H18N2O2/c20-19(22)16-10-8-15(9-11-16)13-21(14-18-7-4-12-23-18)17-5-2-1-3-6-17/h1-12H,13-14H2,(H2,20,22). The average molecular weight is 306 g/mol. The van der Waals surface area contributed by atoms with Crippen LogP contribution in [-0.4, -0.2) is 5.91 Å². The number of hydrogen-bond donors (Lipinski definition) is 1. The first kappa shape index (κ1) is 14.9. The fraction of sp³-hybridized carbons (Fsp3) is 0.105. The molecule has 0 radical (unpaired) electrons. The number of para-hydroxylation sites is 1. The fourth-order valence-corrected chi connectivity index (χ4v) is 2.46. The summed E-state index contributed by atoms with van der Waals surface area (Å²) in [6.45, 7) is 1.39. The van der Waals surface area contributed by atoms with Crippen LogP contribution in [0.25, 0.3) is 0 Å². The first-order chi connectivity index (χ1) is 11.2. The van der Waals surface area contributed by atoms with Gasteiger partial charge in [0.05, 0.1) is 12.8 Å². The van der Waals surface area contributed by atoms with Crippen molar-refractivity contribution in [3.8, 4) is 0 Å². The van der Waals surface area contributed by atoms with Gasteiger partial charge in [-0.1, -0.05) is 30.3 Å². The molecule has 0 aliphatic heterocycles. The number of amides is 1. The van der Waals surface area contributed by atoms with Crippen molar-refractivity contribution >= 4 is 11.6 Å². The average Bonchev–Trinajstić information content (AvgIpc) is 3.09. The number of nitrogens with two attached hydrogens (primary N) is 1. The minimum absolute atomic E-state index is 0.410. The van der Waals surface area contributed by atoms with E-state index in [0.717, 1.165) is 17.0 Å². The van der Waals surface area contributed by atoms with Gasteiger partial charge in [-0.3, -0.25) is 4.79 Å². The van der Waals surface area contributed by atoms with Crippen LogP contribution in [0.15, 0.2) is 77.4 Å². The van der Waals surface area contributed by atoms with E-state index < -0.39 is 5.91 Å². The van der Waals surface area contributed by atoms with Crippen molar-refractivity contribution < 1.29 is 9.21 Å². The number of carbonyl (C=O) groups is 1. The van der Waals surface area contributed by atoms with Crippen molar-refractivity contribution in [2.24, 2.45) is 5.73 Å². The number of benzene rings is 2. The van der Waals surface area contributed by atoms with Crippen molar-refractivity contribution in [2.45, 2.75) is 13.1 Å². The third kappa shape index (κ3) is 3.80. The van der Waals surface area contributed by atoms with E-state index in [4.69, 9.17) is 10.2 Å². The smallest absolute Gasteiger partial charge is 0.248 e. The van der Waals surface area contributed by atoms with E-state index in [1.807, 2.05) is 42.5 Å². The number of carbonyl (C=O) groups excluding carboxylic acids is 1. The summed E-state index contributed by atoms with van der Waals surface area (Å²) in [4.78, 5) is 13.4. The topological polar surface area (TPSA) is 59.5 Å². The second kappa shape index (κ2) is 6.83. The Morgan fingerprint density at radius 2 is 1.65 bits per heavy atom. The van der Waals surface area contributed by atoms with E-state index in [9.17, 15) is 4.79 Å². The zero-order valence-electron chi connectivity index (χ0n) is 12.7. The molecule has 23 heavy (non-hydrogen) atoms. The number of primary amides is 1. The van der Waals surface area contributed by atoms with Gasteiger partial charge in [-0.15, -0.1) is 0 Å². The lowest BCUT2D eigenvalue weighted by Gasteiger charge is -2.24. The highest BCUT2D eigenvalue weighted by atomic mass is 16.3. The van der Waals surface area contributed by atoms with Gasteiger partial charge in [0.25, 0.3) is 0 Å². The van der Waals surface area contributed by atoms with Crippen molar-refractivity contribution in [2.75, 3.05) is 4.90 Å². The minimum atomic E-state index is -0.410. The molecule has 3 aromatic rings. The van der Waals surface area contributed by atoms with Gasteiger partial charge < -0.3 is 15.1 Å². The Labute approximate surface area is 135 Å². The van der Waals surface area contributed by atoms with Gasteiger partial charge in [-0.05, 0) is 42.0 Å². The lowest BCUT2D eigenvalue weighted by atomic mass is 10.1. The Morgan fingerprint density at radius 1 is 0.913 bits per heavy atom. The number of anilines is 1. The van der Waals surface area contributed by atoms with Crippen molar-refractivity contribution in [3.63, 3.8) is 0 Å². The predicted octanol–water partition coefficient (Wildman–Crippen LogP) is 3.59. The molecule has 1 heterocycles. The molecule has 1 amide bonds. The zero-order chi connectivity index (χ0) is 16.1. The molecular formula is C19H18N2O2. The molecule has 0 bridgehead atoms. The number of hydrogen-bond acceptors (Lipinski definition) is 3. The van der Waals surface area contributed by atoms with Crippen LogP contribution in [0.3, 0.4) is 0 Å². The largest absolute Gasteiger partial charge is 0.467 e. The zero-order valence-corrected chi connectivity index (χ0v) is 12.7. The maximum Gasteiger partial charge on any atom is 0.248 e. The summed E-state index contributed by atoms with van der Waals surface area (Å²) < 4.78 is 5.47. The molecule has 2 N–H and O–H groups in total. The van der Waals surface area contributed by atoms with Gasteiger partial charge >= 0.3 is 0 Å². The van der Waals surface area contributed by atoms with Gasteiger partial charge in [0.2, 0.25) is 5.91 Å². The maximum absolute atomic E-state index is 11.2. The van der Waals surface area contributed by atoms with Crippen LogP contribution in [-0.2, 0) is 13.1 Å². The normalized spacial score (nSPS) is 10.4. The van der Waals surface area contributed by atoms with Gasteiger partial charge in [-0.25, -0.2) is 0 Å². The van der Waals surface area contributed by atoms with E-state index in [0.29, 0.717) is 18.7 Å². The molecule has 0 saturated carbocycles. The van der Waals surface area contributed by atoms with Crippen LogP contribution in [0, 0.1) is 0 Å². The quantitative estimate of drug-likeness (QED) is 0.757. The summed E-state index contributed by atoms with van der Waals surface area (Å²) in [5, 5.41) is 0. The molecule has 4 heteroatoms. The Bertz CT molecular complexity index is 750. The van der Waals surface area contributed by atoms with E-state index in [2.05, 4.69) is 17.0 Å².